The Labute approximate surface area is 173 Å². The van der Waals surface area contributed by atoms with E-state index in [0.29, 0.717) is 19.4 Å². The van der Waals surface area contributed by atoms with Crippen molar-refractivity contribution < 1.29 is 9.59 Å². The predicted molar refractivity (Wildman–Crippen MR) is 120 cm³/mol. The second kappa shape index (κ2) is 8.68. The van der Waals surface area contributed by atoms with Gasteiger partial charge in [-0.25, -0.2) is 0 Å². The summed E-state index contributed by atoms with van der Waals surface area (Å²) in [5.74, 6) is -0.313. The largest absolute Gasteiger partial charge is 0.372 e. The van der Waals surface area contributed by atoms with Crippen LogP contribution in [0.3, 0.4) is 0 Å². The normalized spacial score (nSPS) is 14.2. The lowest BCUT2D eigenvalue weighted by Gasteiger charge is -2.26. The maximum Gasteiger partial charge on any atom is 0.242 e. The fraction of sp³-hybridized carbons (Fsp3) is 0.417. The first kappa shape index (κ1) is 20.9. The van der Waals surface area contributed by atoms with Gasteiger partial charge >= 0.3 is 0 Å². The number of nitrogens with zero attached hydrogens (tertiary/aromatic N) is 2. The summed E-state index contributed by atoms with van der Waals surface area (Å²) >= 11 is 0. The zero-order valence-corrected chi connectivity index (χ0v) is 17.9. The fourth-order valence-corrected chi connectivity index (χ4v) is 3.76. The van der Waals surface area contributed by atoms with Crippen LogP contribution in [0.25, 0.3) is 0 Å². The highest BCUT2D eigenvalue weighted by Crippen LogP contribution is 2.48. The van der Waals surface area contributed by atoms with E-state index >= 15 is 0 Å². The maximum absolute atomic E-state index is 13.3. The minimum atomic E-state index is -0.947. The minimum Gasteiger partial charge on any atom is -0.372 e. The van der Waals surface area contributed by atoms with Crippen LogP contribution in [0, 0.1) is 12.3 Å². The Morgan fingerprint density at radius 2 is 1.59 bits per heavy atom. The molecule has 154 valence electrons. The van der Waals surface area contributed by atoms with Crippen LogP contribution in [0.4, 0.5) is 17.1 Å². The third-order valence-corrected chi connectivity index (χ3v) is 5.72. The van der Waals surface area contributed by atoms with Gasteiger partial charge in [0.05, 0.1) is 0 Å². The van der Waals surface area contributed by atoms with E-state index in [9.17, 15) is 9.59 Å². The van der Waals surface area contributed by atoms with Crippen LogP contribution in [0.1, 0.15) is 39.2 Å². The Balaban J connectivity index is 1.74. The van der Waals surface area contributed by atoms with Gasteiger partial charge in [-0.05, 0) is 82.5 Å². The maximum atomic E-state index is 13.3. The molecule has 3 rings (SSSR count). The number of benzene rings is 2. The van der Waals surface area contributed by atoms with Crippen molar-refractivity contribution in [3.05, 3.63) is 54.1 Å². The molecule has 2 aromatic rings. The number of amides is 2. The molecular weight excluding hydrogens is 362 g/mol. The number of nitrogens with one attached hydrogen (secondary N) is 1. The standard InChI is InChI=1S/C24H31N3O2/c1-5-26(6-2)20-13-11-19(12-14-20)25-22(28)24(15-16-24)23(29)27(7-3)21-10-8-9-18(4)17-21/h8-14,17H,5-7,15-16H2,1-4H3,(H,25,28). The average Bonchev–Trinajstić information content (AvgIpc) is 3.53. The molecule has 1 aliphatic rings. The van der Waals surface area contributed by atoms with Crippen molar-refractivity contribution in [2.24, 2.45) is 5.41 Å². The summed E-state index contributed by atoms with van der Waals surface area (Å²) in [5, 5.41) is 2.96. The lowest BCUT2D eigenvalue weighted by Crippen LogP contribution is -2.43. The van der Waals surface area contributed by atoms with Crippen LogP contribution in [0.5, 0.6) is 0 Å². The molecule has 0 bridgehead atoms. The zero-order valence-electron chi connectivity index (χ0n) is 17.9. The molecule has 5 nitrogen and oxygen atoms in total. The summed E-state index contributed by atoms with van der Waals surface area (Å²) in [4.78, 5) is 30.3. The summed E-state index contributed by atoms with van der Waals surface area (Å²) < 4.78 is 0. The van der Waals surface area contributed by atoms with Crippen molar-refractivity contribution >= 4 is 28.9 Å². The first-order valence-corrected chi connectivity index (χ1v) is 10.5. The monoisotopic (exact) mass is 393 g/mol. The number of hydrogen-bond acceptors (Lipinski definition) is 3. The van der Waals surface area contributed by atoms with Crippen LogP contribution >= 0.6 is 0 Å². The molecule has 0 aliphatic heterocycles. The number of aryl methyl sites for hydroxylation is 1. The molecule has 0 atom stereocenters. The first-order valence-electron chi connectivity index (χ1n) is 10.5. The average molecular weight is 394 g/mol. The van der Waals surface area contributed by atoms with Gasteiger partial charge in [-0.1, -0.05) is 12.1 Å². The molecule has 2 amide bonds. The molecule has 5 heteroatoms. The molecule has 0 unspecified atom stereocenters. The van der Waals surface area contributed by atoms with Crippen molar-refractivity contribution in [2.75, 3.05) is 34.8 Å². The minimum absolute atomic E-state index is 0.108. The molecule has 0 saturated heterocycles. The molecule has 0 heterocycles. The number of anilines is 3. The van der Waals surface area contributed by atoms with Gasteiger partial charge in [-0.15, -0.1) is 0 Å². The van der Waals surface area contributed by atoms with Crippen LogP contribution < -0.4 is 15.1 Å². The van der Waals surface area contributed by atoms with Gasteiger partial charge in [0.25, 0.3) is 0 Å². The molecule has 29 heavy (non-hydrogen) atoms. The fourth-order valence-electron chi connectivity index (χ4n) is 3.76. The predicted octanol–water partition coefficient (Wildman–Crippen LogP) is 4.61. The molecule has 1 fully saturated rings. The van der Waals surface area contributed by atoms with Crippen molar-refractivity contribution in [1.29, 1.82) is 0 Å². The van der Waals surface area contributed by atoms with Crippen LogP contribution in [-0.2, 0) is 9.59 Å². The van der Waals surface area contributed by atoms with Gasteiger partial charge in [-0.2, -0.15) is 0 Å². The third kappa shape index (κ3) is 4.29. The van der Waals surface area contributed by atoms with Crippen molar-refractivity contribution in [2.45, 2.75) is 40.5 Å². The highest BCUT2D eigenvalue weighted by molar-refractivity contribution is 6.17. The number of carbonyl (C=O) groups is 2. The van der Waals surface area contributed by atoms with Gasteiger partial charge in [0, 0.05) is 36.7 Å². The molecule has 0 spiro atoms. The van der Waals surface area contributed by atoms with Gasteiger partial charge < -0.3 is 15.1 Å². The second-order valence-corrected chi connectivity index (χ2v) is 7.64. The third-order valence-electron chi connectivity index (χ3n) is 5.72. The topological polar surface area (TPSA) is 52.7 Å². The quantitative estimate of drug-likeness (QED) is 0.666. The number of carbonyl (C=O) groups excluding carboxylic acids is 2. The smallest absolute Gasteiger partial charge is 0.242 e. The Morgan fingerprint density at radius 3 is 2.10 bits per heavy atom. The Hall–Kier alpha value is -2.82. The van der Waals surface area contributed by atoms with Gasteiger partial charge in [0.1, 0.15) is 5.41 Å². The lowest BCUT2D eigenvalue weighted by atomic mass is 10.0. The SMILES string of the molecule is CCN(CC)c1ccc(NC(=O)C2(C(=O)N(CC)c3cccc(C)c3)CC2)cc1. The summed E-state index contributed by atoms with van der Waals surface area (Å²) in [6, 6.07) is 15.7. The Bertz CT molecular complexity index is 868. The number of hydrogen-bond donors (Lipinski definition) is 1. The van der Waals surface area contributed by atoms with E-state index < -0.39 is 5.41 Å². The van der Waals surface area contributed by atoms with Crippen LogP contribution in [0.2, 0.25) is 0 Å². The molecule has 0 radical (unpaired) electrons. The molecule has 0 aromatic heterocycles. The van der Waals surface area contributed by atoms with E-state index in [1.54, 1.807) is 4.90 Å². The first-order chi connectivity index (χ1) is 13.9. The van der Waals surface area contributed by atoms with Crippen molar-refractivity contribution in [3.8, 4) is 0 Å². The summed E-state index contributed by atoms with van der Waals surface area (Å²) in [7, 11) is 0. The highest BCUT2D eigenvalue weighted by atomic mass is 16.2. The van der Waals surface area contributed by atoms with E-state index in [-0.39, 0.29) is 11.8 Å². The van der Waals surface area contributed by atoms with E-state index in [4.69, 9.17) is 0 Å². The van der Waals surface area contributed by atoms with Crippen LogP contribution in [0.15, 0.2) is 48.5 Å². The summed E-state index contributed by atoms with van der Waals surface area (Å²) in [6.45, 7) is 10.6. The van der Waals surface area contributed by atoms with Crippen LogP contribution in [-0.4, -0.2) is 31.4 Å². The van der Waals surface area contributed by atoms with Gasteiger partial charge in [-0.3, -0.25) is 9.59 Å². The molecule has 2 aromatic carbocycles. The van der Waals surface area contributed by atoms with E-state index in [1.807, 2.05) is 62.4 Å². The summed E-state index contributed by atoms with van der Waals surface area (Å²) in [6.07, 6.45) is 1.19. The van der Waals surface area contributed by atoms with Crippen molar-refractivity contribution in [3.63, 3.8) is 0 Å². The molecule has 1 saturated carbocycles. The molecule has 1 aliphatic carbocycles. The van der Waals surface area contributed by atoms with E-state index in [0.717, 1.165) is 35.7 Å². The zero-order chi connectivity index (χ0) is 21.0. The summed E-state index contributed by atoms with van der Waals surface area (Å²) in [5.41, 5.74) is 2.85. The number of rotatable bonds is 8. The van der Waals surface area contributed by atoms with Gasteiger partial charge in [0.15, 0.2) is 0 Å². The van der Waals surface area contributed by atoms with Gasteiger partial charge in [0.2, 0.25) is 11.8 Å². The molecular formula is C24H31N3O2. The van der Waals surface area contributed by atoms with E-state index in [2.05, 4.69) is 24.1 Å². The molecule has 1 N–H and O–H groups in total. The Kier molecular flexibility index (Phi) is 6.26. The van der Waals surface area contributed by atoms with Crippen molar-refractivity contribution in [1.82, 2.24) is 0 Å². The van der Waals surface area contributed by atoms with E-state index in [1.165, 1.54) is 0 Å². The second-order valence-electron chi connectivity index (χ2n) is 7.64. The lowest BCUT2D eigenvalue weighted by molar-refractivity contribution is -0.132. The highest BCUT2D eigenvalue weighted by Gasteiger charge is 2.58. The Morgan fingerprint density at radius 1 is 0.931 bits per heavy atom.